The molecule has 0 atom stereocenters. The molecule has 0 aromatic carbocycles. The summed E-state index contributed by atoms with van der Waals surface area (Å²) in [4.78, 5) is 2.50. The van der Waals surface area contributed by atoms with Crippen molar-refractivity contribution in [1.82, 2.24) is 4.90 Å². The molecule has 2 aliphatic rings. The maximum Gasteiger partial charge on any atom is -0.00165 e. The number of nitrogens with zero attached hydrogens (tertiary/aromatic N) is 1. The lowest BCUT2D eigenvalue weighted by molar-refractivity contribution is 0.246. The summed E-state index contributed by atoms with van der Waals surface area (Å²) in [5, 5.41) is 0. The van der Waals surface area contributed by atoms with Gasteiger partial charge in [0, 0.05) is 0 Å². The summed E-state index contributed by atoms with van der Waals surface area (Å²) in [7, 11) is 2.27. The largest absolute Gasteiger partial charge is 0.306 e. The fourth-order valence-corrected chi connectivity index (χ4v) is 2.22. The van der Waals surface area contributed by atoms with E-state index in [1.807, 2.05) is 0 Å². The van der Waals surface area contributed by atoms with Gasteiger partial charge in [0.2, 0.25) is 0 Å². The second-order valence-electron chi connectivity index (χ2n) is 4.51. The lowest BCUT2D eigenvalue weighted by Gasteiger charge is -2.24. The van der Waals surface area contributed by atoms with Crippen molar-refractivity contribution in [2.45, 2.75) is 38.5 Å². The first-order chi connectivity index (χ1) is 5.31. The molecule has 0 amide bonds. The van der Waals surface area contributed by atoms with E-state index < -0.39 is 0 Å². The topological polar surface area (TPSA) is 3.24 Å². The van der Waals surface area contributed by atoms with Gasteiger partial charge in [-0.3, -0.25) is 0 Å². The predicted molar refractivity (Wildman–Crippen MR) is 47.6 cm³/mol. The van der Waals surface area contributed by atoms with Crippen molar-refractivity contribution in [3.05, 3.63) is 0 Å². The molecule has 1 spiro atoms. The van der Waals surface area contributed by atoms with Gasteiger partial charge in [-0.1, -0.05) is 6.42 Å². The fourth-order valence-electron chi connectivity index (χ4n) is 2.22. The van der Waals surface area contributed by atoms with Crippen LogP contribution in [0.1, 0.15) is 38.5 Å². The first-order valence-corrected chi connectivity index (χ1v) is 4.99. The summed E-state index contributed by atoms with van der Waals surface area (Å²) in [6, 6.07) is 0. The minimum Gasteiger partial charge on any atom is -0.306 e. The van der Waals surface area contributed by atoms with Crippen LogP contribution in [-0.2, 0) is 0 Å². The van der Waals surface area contributed by atoms with Gasteiger partial charge in [0.25, 0.3) is 0 Å². The van der Waals surface area contributed by atoms with E-state index in [9.17, 15) is 0 Å². The molecule has 2 fully saturated rings. The Bertz CT molecular complexity index is 138. The summed E-state index contributed by atoms with van der Waals surface area (Å²) >= 11 is 0. The van der Waals surface area contributed by atoms with Gasteiger partial charge in [0.1, 0.15) is 0 Å². The molecule has 1 nitrogen and oxygen atoms in total. The zero-order valence-electron chi connectivity index (χ0n) is 7.60. The Morgan fingerprint density at radius 3 is 2.45 bits per heavy atom. The Morgan fingerprint density at radius 2 is 1.73 bits per heavy atom. The highest BCUT2D eigenvalue weighted by Crippen LogP contribution is 2.53. The third-order valence-corrected chi connectivity index (χ3v) is 3.48. The summed E-state index contributed by atoms with van der Waals surface area (Å²) in [5.74, 6) is 0. The van der Waals surface area contributed by atoms with Crippen LogP contribution in [-0.4, -0.2) is 25.0 Å². The van der Waals surface area contributed by atoms with Gasteiger partial charge in [-0.15, -0.1) is 0 Å². The minimum atomic E-state index is 0.842. The van der Waals surface area contributed by atoms with Crippen molar-refractivity contribution in [2.24, 2.45) is 5.41 Å². The van der Waals surface area contributed by atoms with Crippen molar-refractivity contribution in [3.8, 4) is 0 Å². The molecular formula is C10H19N. The normalized spacial score (nSPS) is 31.4. The van der Waals surface area contributed by atoms with E-state index in [-0.39, 0.29) is 0 Å². The molecule has 0 N–H and O–H groups in total. The van der Waals surface area contributed by atoms with E-state index in [0.29, 0.717) is 0 Å². The monoisotopic (exact) mass is 153 g/mol. The lowest BCUT2D eigenvalue weighted by atomic mass is 9.93. The maximum atomic E-state index is 2.50. The van der Waals surface area contributed by atoms with Gasteiger partial charge < -0.3 is 4.90 Å². The van der Waals surface area contributed by atoms with Crippen LogP contribution < -0.4 is 0 Å². The quantitative estimate of drug-likeness (QED) is 0.516. The van der Waals surface area contributed by atoms with Gasteiger partial charge in [-0.05, 0) is 57.7 Å². The highest BCUT2D eigenvalue weighted by Gasteiger charge is 2.41. The molecule has 1 aliphatic carbocycles. The molecule has 1 heterocycles. The van der Waals surface area contributed by atoms with E-state index in [2.05, 4.69) is 11.9 Å². The van der Waals surface area contributed by atoms with Crippen molar-refractivity contribution in [3.63, 3.8) is 0 Å². The number of likely N-dealkylation sites (tertiary alicyclic amines) is 1. The van der Waals surface area contributed by atoms with E-state index in [4.69, 9.17) is 0 Å². The lowest BCUT2D eigenvalue weighted by Crippen LogP contribution is -2.25. The highest BCUT2D eigenvalue weighted by atomic mass is 15.1. The number of hydrogen-bond donors (Lipinski definition) is 0. The van der Waals surface area contributed by atoms with Crippen LogP contribution in [0.15, 0.2) is 0 Å². The van der Waals surface area contributed by atoms with Crippen LogP contribution in [0.25, 0.3) is 0 Å². The first kappa shape index (κ1) is 7.60. The Morgan fingerprint density at radius 1 is 0.909 bits per heavy atom. The fraction of sp³-hybridized carbons (Fsp3) is 1.00. The second-order valence-corrected chi connectivity index (χ2v) is 4.51. The van der Waals surface area contributed by atoms with Crippen molar-refractivity contribution in [1.29, 1.82) is 0 Å². The van der Waals surface area contributed by atoms with Gasteiger partial charge >= 0.3 is 0 Å². The molecule has 1 saturated heterocycles. The van der Waals surface area contributed by atoms with Gasteiger partial charge in [0.05, 0.1) is 0 Å². The number of hydrogen-bond acceptors (Lipinski definition) is 1. The van der Waals surface area contributed by atoms with E-state index in [1.165, 1.54) is 51.6 Å². The molecular weight excluding hydrogens is 134 g/mol. The zero-order chi connectivity index (χ0) is 7.73. The van der Waals surface area contributed by atoms with Crippen molar-refractivity contribution < 1.29 is 0 Å². The smallest absolute Gasteiger partial charge is 0.00165 e. The van der Waals surface area contributed by atoms with E-state index in [1.54, 1.807) is 0 Å². The third-order valence-electron chi connectivity index (χ3n) is 3.48. The van der Waals surface area contributed by atoms with E-state index in [0.717, 1.165) is 5.41 Å². The summed E-state index contributed by atoms with van der Waals surface area (Å²) in [6.45, 7) is 2.68. The Labute approximate surface area is 69.8 Å². The minimum absolute atomic E-state index is 0.842. The van der Waals surface area contributed by atoms with Crippen LogP contribution in [0.3, 0.4) is 0 Å². The van der Waals surface area contributed by atoms with Crippen LogP contribution in [0.5, 0.6) is 0 Å². The molecule has 2 rings (SSSR count). The molecule has 1 aliphatic heterocycles. The van der Waals surface area contributed by atoms with Crippen molar-refractivity contribution in [2.75, 3.05) is 20.1 Å². The van der Waals surface area contributed by atoms with Gasteiger partial charge in [-0.2, -0.15) is 0 Å². The highest BCUT2D eigenvalue weighted by molar-refractivity contribution is 4.93. The number of rotatable bonds is 0. The summed E-state index contributed by atoms with van der Waals surface area (Å²) in [5.41, 5.74) is 0.842. The first-order valence-electron chi connectivity index (χ1n) is 4.99. The summed E-state index contributed by atoms with van der Waals surface area (Å²) < 4.78 is 0. The van der Waals surface area contributed by atoms with Crippen LogP contribution >= 0.6 is 0 Å². The SMILES string of the molecule is CN1CCCCC2(CC1)CC2. The molecule has 11 heavy (non-hydrogen) atoms. The summed E-state index contributed by atoms with van der Waals surface area (Å²) in [6.07, 6.45) is 8.97. The predicted octanol–water partition coefficient (Wildman–Crippen LogP) is 2.27. The van der Waals surface area contributed by atoms with E-state index >= 15 is 0 Å². The molecule has 0 unspecified atom stereocenters. The molecule has 0 aromatic rings. The average molecular weight is 153 g/mol. The van der Waals surface area contributed by atoms with Crippen LogP contribution in [0.2, 0.25) is 0 Å². The van der Waals surface area contributed by atoms with Gasteiger partial charge in [0.15, 0.2) is 0 Å². The molecule has 0 radical (unpaired) electrons. The Hall–Kier alpha value is -0.0400. The zero-order valence-corrected chi connectivity index (χ0v) is 7.60. The van der Waals surface area contributed by atoms with Gasteiger partial charge in [-0.25, -0.2) is 0 Å². The van der Waals surface area contributed by atoms with Crippen molar-refractivity contribution >= 4 is 0 Å². The molecule has 64 valence electrons. The standard InChI is InChI=1S/C10H19N/c1-11-8-3-2-4-10(5-6-10)7-9-11/h2-9H2,1H3. The van der Waals surface area contributed by atoms with Crippen LogP contribution in [0, 0.1) is 5.41 Å². The molecule has 0 aromatic heterocycles. The molecule has 1 saturated carbocycles. The van der Waals surface area contributed by atoms with Crippen LogP contribution in [0.4, 0.5) is 0 Å². The second kappa shape index (κ2) is 2.78. The maximum absolute atomic E-state index is 2.50. The third kappa shape index (κ3) is 1.76. The molecule has 0 bridgehead atoms. The Balaban J connectivity index is 1.87. The Kier molecular flexibility index (Phi) is 1.92. The average Bonchev–Trinajstić information content (AvgIpc) is 2.73. The molecule has 1 heteroatoms.